The largest absolute Gasteiger partial charge is 0.508 e. The Kier molecular flexibility index (Phi) is 4.84. The number of hydrogen-bond acceptors (Lipinski definition) is 5. The first kappa shape index (κ1) is 16.4. The van der Waals surface area contributed by atoms with E-state index >= 15 is 0 Å². The number of nitrogens with one attached hydrogen (secondary N) is 2. The Morgan fingerprint density at radius 1 is 1.20 bits per heavy atom. The summed E-state index contributed by atoms with van der Waals surface area (Å²) in [6.07, 6.45) is 1.79. The van der Waals surface area contributed by atoms with Gasteiger partial charge in [-0.1, -0.05) is 12.1 Å². The molecule has 0 radical (unpaired) electrons. The number of carbonyl (C=O) groups excluding carboxylic acids is 1. The van der Waals surface area contributed by atoms with Crippen LogP contribution in [0.1, 0.15) is 17.7 Å². The van der Waals surface area contributed by atoms with Crippen LogP contribution >= 0.6 is 0 Å². The van der Waals surface area contributed by atoms with E-state index < -0.39 is 0 Å². The number of hydrogen-bond donors (Lipinski definition) is 3. The van der Waals surface area contributed by atoms with Crippen molar-refractivity contribution < 1.29 is 9.90 Å². The maximum Gasteiger partial charge on any atom is 0.270 e. The Bertz CT molecular complexity index is 978. The van der Waals surface area contributed by atoms with Crippen LogP contribution in [0.2, 0.25) is 0 Å². The van der Waals surface area contributed by atoms with Gasteiger partial charge >= 0.3 is 0 Å². The second-order valence-electron chi connectivity index (χ2n) is 5.41. The lowest BCUT2D eigenvalue weighted by atomic mass is 10.2. The van der Waals surface area contributed by atoms with Crippen LogP contribution in [0.3, 0.4) is 0 Å². The van der Waals surface area contributed by atoms with Crippen LogP contribution in [0, 0.1) is 0 Å². The second kappa shape index (κ2) is 7.39. The second-order valence-corrected chi connectivity index (χ2v) is 5.41. The number of aromatic nitrogens is 2. The van der Waals surface area contributed by atoms with Gasteiger partial charge in [0, 0.05) is 12.8 Å². The zero-order chi connectivity index (χ0) is 17.6. The van der Waals surface area contributed by atoms with Gasteiger partial charge in [-0.05, 0) is 42.0 Å². The van der Waals surface area contributed by atoms with Crippen LogP contribution < -0.4 is 11.0 Å². The molecule has 1 aromatic heterocycles. The molecule has 0 bridgehead atoms. The quantitative estimate of drug-likeness (QED) is 0.487. The lowest BCUT2D eigenvalue weighted by Crippen LogP contribution is -2.21. The van der Waals surface area contributed by atoms with Gasteiger partial charge in [0.2, 0.25) is 5.91 Å². The van der Waals surface area contributed by atoms with Crippen LogP contribution in [0.5, 0.6) is 5.75 Å². The monoisotopic (exact) mass is 336 g/mol. The molecule has 0 aliphatic heterocycles. The lowest BCUT2D eigenvalue weighted by molar-refractivity contribution is -0.121. The Morgan fingerprint density at radius 2 is 1.96 bits per heavy atom. The number of aromatic amines is 1. The molecule has 3 aromatic rings. The van der Waals surface area contributed by atoms with Gasteiger partial charge in [-0.3, -0.25) is 9.59 Å². The highest BCUT2D eigenvalue weighted by molar-refractivity contribution is 5.82. The fourth-order valence-electron chi connectivity index (χ4n) is 2.26. The van der Waals surface area contributed by atoms with Crippen molar-refractivity contribution in [3.05, 3.63) is 70.1 Å². The van der Waals surface area contributed by atoms with Crippen LogP contribution in [-0.2, 0) is 11.2 Å². The van der Waals surface area contributed by atoms with Crippen molar-refractivity contribution in [2.24, 2.45) is 5.10 Å². The topological polar surface area (TPSA) is 107 Å². The third-order valence-electron chi connectivity index (χ3n) is 3.55. The highest BCUT2D eigenvalue weighted by Crippen LogP contribution is 2.08. The van der Waals surface area contributed by atoms with E-state index in [9.17, 15) is 14.7 Å². The third kappa shape index (κ3) is 4.29. The molecule has 7 nitrogen and oxygen atoms in total. The van der Waals surface area contributed by atoms with E-state index in [0.29, 0.717) is 16.7 Å². The molecule has 2 aromatic carbocycles. The fourth-order valence-corrected chi connectivity index (χ4v) is 2.26. The summed E-state index contributed by atoms with van der Waals surface area (Å²) in [6.45, 7) is 0. The summed E-state index contributed by atoms with van der Waals surface area (Å²) in [5.74, 6) is -0.154. The van der Waals surface area contributed by atoms with Gasteiger partial charge < -0.3 is 10.1 Å². The minimum atomic E-state index is -0.315. The molecule has 3 N–H and O–H groups in total. The number of nitrogens with zero attached hydrogens (tertiary/aromatic N) is 2. The Hall–Kier alpha value is -3.48. The van der Waals surface area contributed by atoms with Crippen LogP contribution in [-0.4, -0.2) is 27.2 Å². The first-order valence-corrected chi connectivity index (χ1v) is 7.71. The molecular weight excluding hydrogens is 320 g/mol. The van der Waals surface area contributed by atoms with Crippen molar-refractivity contribution >= 4 is 23.2 Å². The van der Waals surface area contributed by atoms with Crippen LogP contribution in [0.4, 0.5) is 0 Å². The van der Waals surface area contributed by atoms with Crippen molar-refractivity contribution in [2.75, 3.05) is 0 Å². The zero-order valence-corrected chi connectivity index (χ0v) is 13.3. The van der Waals surface area contributed by atoms with Gasteiger partial charge in [-0.2, -0.15) is 5.10 Å². The number of amides is 1. The molecule has 7 heteroatoms. The Balaban J connectivity index is 1.58. The minimum Gasteiger partial charge on any atom is -0.508 e. The predicted molar refractivity (Wildman–Crippen MR) is 94.5 cm³/mol. The van der Waals surface area contributed by atoms with Crippen molar-refractivity contribution in [1.29, 1.82) is 0 Å². The van der Waals surface area contributed by atoms with E-state index in [2.05, 4.69) is 20.5 Å². The number of fused-ring (bicyclic) bond motifs is 1. The number of carbonyl (C=O) groups is 1. The maximum atomic E-state index is 12.0. The first-order valence-electron chi connectivity index (χ1n) is 7.71. The van der Waals surface area contributed by atoms with E-state index in [-0.39, 0.29) is 30.1 Å². The summed E-state index contributed by atoms with van der Waals surface area (Å²) in [5, 5.41) is 13.0. The molecule has 1 amide bonds. The molecular formula is C18H16N4O3. The van der Waals surface area contributed by atoms with Crippen molar-refractivity contribution in [3.63, 3.8) is 0 Å². The molecule has 0 aliphatic rings. The standard InChI is InChI=1S/C18H16N4O3/c23-13-7-5-12(6-8-13)11-19-22-17(24)10-9-16-18(25)21-15-4-2-1-3-14(15)20-16/h1-8,11,23H,9-10H2,(H,21,25)(H,22,24)/b19-11-. The predicted octanol–water partition coefficient (Wildman–Crippen LogP) is 1.71. The van der Waals surface area contributed by atoms with E-state index in [1.165, 1.54) is 18.3 Å². The SMILES string of the molecule is O=C(CCc1nc2ccccc2[nH]c1=O)N/N=C\c1ccc(O)cc1. The molecule has 25 heavy (non-hydrogen) atoms. The van der Waals surface area contributed by atoms with Gasteiger partial charge in [0.25, 0.3) is 5.56 Å². The number of phenols is 1. The first-order chi connectivity index (χ1) is 12.1. The molecule has 0 saturated heterocycles. The van der Waals surface area contributed by atoms with Crippen molar-refractivity contribution in [1.82, 2.24) is 15.4 Å². The number of rotatable bonds is 5. The molecule has 0 aliphatic carbocycles. The smallest absolute Gasteiger partial charge is 0.270 e. The number of para-hydroxylation sites is 2. The van der Waals surface area contributed by atoms with E-state index in [0.717, 1.165) is 5.56 Å². The molecule has 1 heterocycles. The number of phenolic OH excluding ortho intramolecular Hbond substituents is 1. The number of benzene rings is 2. The van der Waals surface area contributed by atoms with Gasteiger partial charge in [-0.25, -0.2) is 10.4 Å². The summed E-state index contributed by atoms with van der Waals surface area (Å²) in [5.41, 5.74) is 4.51. The molecule has 0 saturated carbocycles. The fraction of sp³-hybridized carbons (Fsp3) is 0.111. The highest BCUT2D eigenvalue weighted by Gasteiger charge is 2.07. The van der Waals surface area contributed by atoms with Crippen molar-refractivity contribution in [2.45, 2.75) is 12.8 Å². The van der Waals surface area contributed by atoms with Crippen LogP contribution in [0.25, 0.3) is 11.0 Å². The van der Waals surface area contributed by atoms with Gasteiger partial charge in [0.15, 0.2) is 0 Å². The molecule has 0 fully saturated rings. The Labute approximate surface area is 143 Å². The van der Waals surface area contributed by atoms with E-state index in [1.807, 2.05) is 12.1 Å². The summed E-state index contributed by atoms with van der Waals surface area (Å²) >= 11 is 0. The maximum absolute atomic E-state index is 12.0. The average molecular weight is 336 g/mol. The number of aromatic hydroxyl groups is 1. The van der Waals surface area contributed by atoms with E-state index in [4.69, 9.17) is 0 Å². The summed E-state index contributed by atoms with van der Waals surface area (Å²) in [4.78, 5) is 30.9. The molecule has 126 valence electrons. The molecule has 0 atom stereocenters. The highest BCUT2D eigenvalue weighted by atomic mass is 16.3. The molecule has 0 unspecified atom stereocenters. The minimum absolute atomic E-state index is 0.0985. The lowest BCUT2D eigenvalue weighted by Gasteiger charge is -2.02. The normalized spacial score (nSPS) is 11.0. The van der Waals surface area contributed by atoms with Crippen molar-refractivity contribution in [3.8, 4) is 5.75 Å². The summed E-state index contributed by atoms with van der Waals surface area (Å²) in [6, 6.07) is 13.6. The number of hydrazone groups is 1. The summed E-state index contributed by atoms with van der Waals surface area (Å²) in [7, 11) is 0. The van der Waals surface area contributed by atoms with Gasteiger partial charge in [-0.15, -0.1) is 0 Å². The van der Waals surface area contributed by atoms with Gasteiger partial charge in [0.1, 0.15) is 11.4 Å². The molecule has 3 rings (SSSR count). The van der Waals surface area contributed by atoms with Gasteiger partial charge in [0.05, 0.1) is 17.2 Å². The zero-order valence-electron chi connectivity index (χ0n) is 13.3. The van der Waals surface area contributed by atoms with E-state index in [1.54, 1.807) is 24.3 Å². The number of H-pyrrole nitrogens is 1. The van der Waals surface area contributed by atoms with Crippen LogP contribution in [0.15, 0.2) is 58.4 Å². The Morgan fingerprint density at radius 3 is 2.76 bits per heavy atom. The third-order valence-corrected chi connectivity index (χ3v) is 3.55. The number of aryl methyl sites for hydroxylation is 1. The molecule has 0 spiro atoms. The summed E-state index contributed by atoms with van der Waals surface area (Å²) < 4.78 is 0. The average Bonchev–Trinajstić information content (AvgIpc) is 2.61.